The van der Waals surface area contributed by atoms with Crippen molar-refractivity contribution < 1.29 is 9.90 Å². The summed E-state index contributed by atoms with van der Waals surface area (Å²) in [5, 5.41) is 19.3. The molecule has 0 bridgehead atoms. The van der Waals surface area contributed by atoms with Gasteiger partial charge in [-0.05, 0) is 24.3 Å². The molecule has 0 radical (unpaired) electrons. The zero-order valence-corrected chi connectivity index (χ0v) is 9.58. The maximum absolute atomic E-state index is 11.7. The minimum absolute atomic E-state index is 0.0634. The van der Waals surface area contributed by atoms with Crippen molar-refractivity contribution in [2.45, 2.75) is 13.1 Å². The molecule has 94 valence electrons. The summed E-state index contributed by atoms with van der Waals surface area (Å²) in [6.07, 6.45) is 1.62. The first-order valence-corrected chi connectivity index (χ1v) is 5.35. The van der Waals surface area contributed by atoms with E-state index >= 15 is 0 Å². The van der Waals surface area contributed by atoms with Crippen LogP contribution in [0.25, 0.3) is 0 Å². The fraction of sp³-hybridized carbons (Fsp3) is 0.182. The quantitative estimate of drug-likeness (QED) is 0.663. The Kier molecular flexibility index (Phi) is 3.54. The van der Waals surface area contributed by atoms with Crippen LogP contribution in [0, 0.1) is 0 Å². The zero-order valence-electron chi connectivity index (χ0n) is 9.58. The van der Waals surface area contributed by atoms with Gasteiger partial charge >= 0.3 is 0 Å². The lowest BCUT2D eigenvalue weighted by molar-refractivity contribution is -0.116. The van der Waals surface area contributed by atoms with E-state index in [1.165, 1.54) is 16.8 Å². The molecule has 0 saturated heterocycles. The summed E-state index contributed by atoms with van der Waals surface area (Å²) in [5.41, 5.74) is 6.63. The van der Waals surface area contributed by atoms with Gasteiger partial charge in [-0.1, -0.05) is 5.21 Å². The van der Waals surface area contributed by atoms with E-state index in [1.54, 1.807) is 18.3 Å². The van der Waals surface area contributed by atoms with Gasteiger partial charge in [0.2, 0.25) is 5.91 Å². The van der Waals surface area contributed by atoms with Gasteiger partial charge < -0.3 is 16.2 Å². The van der Waals surface area contributed by atoms with E-state index in [9.17, 15) is 4.79 Å². The molecule has 1 aromatic heterocycles. The van der Waals surface area contributed by atoms with E-state index in [4.69, 9.17) is 10.8 Å². The summed E-state index contributed by atoms with van der Waals surface area (Å²) in [7, 11) is 0. The SMILES string of the molecule is NCc1cn(CC(=O)Nc2ccc(O)cc2)nn1. The third-order valence-electron chi connectivity index (χ3n) is 2.25. The molecule has 0 fully saturated rings. The summed E-state index contributed by atoms with van der Waals surface area (Å²) >= 11 is 0. The number of carbonyl (C=O) groups is 1. The van der Waals surface area contributed by atoms with Gasteiger partial charge in [0.15, 0.2) is 0 Å². The molecular weight excluding hydrogens is 234 g/mol. The van der Waals surface area contributed by atoms with Crippen LogP contribution >= 0.6 is 0 Å². The van der Waals surface area contributed by atoms with Crippen LogP contribution in [0.15, 0.2) is 30.5 Å². The van der Waals surface area contributed by atoms with Crippen molar-refractivity contribution in [1.82, 2.24) is 15.0 Å². The van der Waals surface area contributed by atoms with E-state index in [1.807, 2.05) is 0 Å². The summed E-state index contributed by atoms with van der Waals surface area (Å²) in [6, 6.07) is 6.22. The molecule has 0 atom stereocenters. The first-order valence-electron chi connectivity index (χ1n) is 5.35. The molecule has 0 spiro atoms. The monoisotopic (exact) mass is 247 g/mol. The number of phenolic OH excluding ortho intramolecular Hbond substituents is 1. The Labute approximate surface area is 103 Å². The van der Waals surface area contributed by atoms with Crippen LogP contribution in [0.1, 0.15) is 5.69 Å². The van der Waals surface area contributed by atoms with E-state index < -0.39 is 0 Å². The standard InChI is InChI=1S/C11H13N5O2/c12-5-9-6-16(15-14-9)7-11(18)13-8-1-3-10(17)4-2-8/h1-4,6,17H,5,7,12H2,(H,13,18). The second-order valence-electron chi connectivity index (χ2n) is 3.71. The van der Waals surface area contributed by atoms with Crippen molar-refractivity contribution in [3.63, 3.8) is 0 Å². The van der Waals surface area contributed by atoms with Crippen molar-refractivity contribution in [2.75, 3.05) is 5.32 Å². The van der Waals surface area contributed by atoms with Gasteiger partial charge in [0.1, 0.15) is 12.3 Å². The van der Waals surface area contributed by atoms with Gasteiger partial charge in [-0.2, -0.15) is 0 Å². The predicted molar refractivity (Wildman–Crippen MR) is 64.6 cm³/mol. The number of phenols is 1. The fourth-order valence-corrected chi connectivity index (χ4v) is 1.40. The van der Waals surface area contributed by atoms with Crippen LogP contribution in [0.2, 0.25) is 0 Å². The molecule has 0 aliphatic carbocycles. The molecule has 0 aliphatic heterocycles. The Morgan fingerprint density at radius 3 is 2.72 bits per heavy atom. The van der Waals surface area contributed by atoms with Crippen LogP contribution in [0.3, 0.4) is 0 Å². The smallest absolute Gasteiger partial charge is 0.246 e. The van der Waals surface area contributed by atoms with Crippen LogP contribution < -0.4 is 11.1 Å². The lowest BCUT2D eigenvalue weighted by Crippen LogP contribution is -2.19. The zero-order chi connectivity index (χ0) is 13.0. The number of rotatable bonds is 4. The largest absolute Gasteiger partial charge is 0.508 e. The molecule has 4 N–H and O–H groups in total. The van der Waals surface area contributed by atoms with Crippen LogP contribution in [-0.4, -0.2) is 26.0 Å². The molecule has 0 saturated carbocycles. The number of aromatic hydroxyl groups is 1. The molecule has 2 rings (SSSR count). The molecule has 7 nitrogen and oxygen atoms in total. The average Bonchev–Trinajstić information content (AvgIpc) is 2.79. The summed E-state index contributed by atoms with van der Waals surface area (Å²) in [5.74, 6) is -0.0778. The molecular formula is C11H13N5O2. The third-order valence-corrected chi connectivity index (χ3v) is 2.25. The Balaban J connectivity index is 1.94. The number of hydrogen-bond donors (Lipinski definition) is 3. The number of anilines is 1. The van der Waals surface area contributed by atoms with Crippen molar-refractivity contribution in [3.05, 3.63) is 36.2 Å². The fourth-order valence-electron chi connectivity index (χ4n) is 1.40. The van der Waals surface area contributed by atoms with Crippen LogP contribution in [0.5, 0.6) is 5.75 Å². The molecule has 7 heteroatoms. The van der Waals surface area contributed by atoms with Crippen molar-refractivity contribution in [2.24, 2.45) is 5.73 Å². The minimum Gasteiger partial charge on any atom is -0.508 e. The van der Waals surface area contributed by atoms with Gasteiger partial charge in [0.25, 0.3) is 0 Å². The summed E-state index contributed by atoms with van der Waals surface area (Å²) in [6.45, 7) is 0.355. The topological polar surface area (TPSA) is 106 Å². The number of benzene rings is 1. The highest BCUT2D eigenvalue weighted by Crippen LogP contribution is 2.13. The Bertz CT molecular complexity index is 535. The number of aromatic nitrogens is 3. The first kappa shape index (κ1) is 12.1. The maximum atomic E-state index is 11.7. The van der Waals surface area contributed by atoms with E-state index in [0.29, 0.717) is 17.9 Å². The third kappa shape index (κ3) is 3.05. The van der Waals surface area contributed by atoms with Crippen molar-refractivity contribution >= 4 is 11.6 Å². The second-order valence-corrected chi connectivity index (χ2v) is 3.71. The van der Waals surface area contributed by atoms with Gasteiger partial charge in [-0.3, -0.25) is 4.79 Å². The number of carbonyl (C=O) groups excluding carboxylic acids is 1. The number of nitrogens with zero attached hydrogens (tertiary/aromatic N) is 3. The van der Waals surface area contributed by atoms with Gasteiger partial charge in [-0.25, -0.2) is 4.68 Å². The van der Waals surface area contributed by atoms with Gasteiger partial charge in [0.05, 0.1) is 11.9 Å². The van der Waals surface area contributed by atoms with E-state index in [0.717, 1.165) is 0 Å². The Morgan fingerprint density at radius 2 is 2.11 bits per heavy atom. The molecule has 18 heavy (non-hydrogen) atoms. The lowest BCUT2D eigenvalue weighted by atomic mass is 10.3. The highest BCUT2D eigenvalue weighted by molar-refractivity contribution is 5.90. The van der Waals surface area contributed by atoms with Crippen LogP contribution in [0.4, 0.5) is 5.69 Å². The highest BCUT2D eigenvalue weighted by atomic mass is 16.3. The molecule has 2 aromatic rings. The van der Waals surface area contributed by atoms with Crippen molar-refractivity contribution in [1.29, 1.82) is 0 Å². The molecule has 1 heterocycles. The molecule has 0 aliphatic rings. The first-order chi connectivity index (χ1) is 8.67. The predicted octanol–water partition coefficient (Wildman–Crippen LogP) is 0.0811. The Hall–Kier alpha value is -2.41. The van der Waals surface area contributed by atoms with Gasteiger partial charge in [-0.15, -0.1) is 5.10 Å². The number of nitrogens with one attached hydrogen (secondary N) is 1. The minimum atomic E-state index is -0.228. The molecule has 0 unspecified atom stereocenters. The van der Waals surface area contributed by atoms with Crippen molar-refractivity contribution in [3.8, 4) is 5.75 Å². The average molecular weight is 247 g/mol. The lowest BCUT2D eigenvalue weighted by Gasteiger charge is -2.04. The van der Waals surface area contributed by atoms with Gasteiger partial charge in [0, 0.05) is 12.2 Å². The Morgan fingerprint density at radius 1 is 1.39 bits per heavy atom. The second kappa shape index (κ2) is 5.28. The summed E-state index contributed by atoms with van der Waals surface area (Å²) in [4.78, 5) is 11.7. The number of nitrogens with two attached hydrogens (primary N) is 1. The van der Waals surface area contributed by atoms with E-state index in [2.05, 4.69) is 15.6 Å². The molecule has 1 amide bonds. The normalized spacial score (nSPS) is 10.3. The van der Waals surface area contributed by atoms with E-state index in [-0.39, 0.29) is 18.2 Å². The number of amides is 1. The number of hydrogen-bond acceptors (Lipinski definition) is 5. The highest BCUT2D eigenvalue weighted by Gasteiger charge is 2.05. The summed E-state index contributed by atoms with van der Waals surface area (Å²) < 4.78 is 1.41. The maximum Gasteiger partial charge on any atom is 0.246 e. The van der Waals surface area contributed by atoms with Crippen LogP contribution in [-0.2, 0) is 17.9 Å². The molecule has 1 aromatic carbocycles.